The van der Waals surface area contributed by atoms with Crippen LogP contribution in [0.4, 0.5) is 0 Å². The molecule has 1 heterocycles. The fourth-order valence-corrected chi connectivity index (χ4v) is 2.94. The second-order valence-corrected chi connectivity index (χ2v) is 5.23. The maximum Gasteiger partial charge on any atom is 0.336 e. The predicted molar refractivity (Wildman–Crippen MR) is 69.5 cm³/mol. The van der Waals surface area contributed by atoms with Gasteiger partial charge in [0.25, 0.3) is 0 Å². The van der Waals surface area contributed by atoms with Crippen LogP contribution in [0.15, 0.2) is 40.2 Å². The van der Waals surface area contributed by atoms with E-state index in [9.17, 15) is 9.90 Å². The summed E-state index contributed by atoms with van der Waals surface area (Å²) < 4.78 is 0.761. The molecule has 1 aromatic carbocycles. The molecule has 0 saturated carbocycles. The van der Waals surface area contributed by atoms with Crippen molar-refractivity contribution in [2.24, 2.45) is 0 Å². The normalized spacial score (nSPS) is 12.4. The Morgan fingerprint density at radius 2 is 2.00 bits per heavy atom. The van der Waals surface area contributed by atoms with Gasteiger partial charge in [-0.25, -0.2) is 4.79 Å². The molecule has 1 unspecified atom stereocenters. The molecule has 1 atom stereocenters. The van der Waals surface area contributed by atoms with E-state index < -0.39 is 12.1 Å². The summed E-state index contributed by atoms with van der Waals surface area (Å²) in [4.78, 5) is 11.4. The van der Waals surface area contributed by atoms with E-state index in [-0.39, 0.29) is 5.56 Å². The minimum atomic E-state index is -1.02. The molecule has 0 spiro atoms. The molecular formula is C12H9BrO3S. The molecule has 1 aromatic heterocycles. The molecule has 0 aliphatic heterocycles. The third kappa shape index (κ3) is 2.41. The van der Waals surface area contributed by atoms with E-state index in [1.165, 1.54) is 17.4 Å². The van der Waals surface area contributed by atoms with Crippen molar-refractivity contribution in [2.75, 3.05) is 0 Å². The minimum Gasteiger partial charge on any atom is -0.478 e. The number of benzene rings is 1. The van der Waals surface area contributed by atoms with E-state index in [0.717, 1.165) is 4.47 Å². The van der Waals surface area contributed by atoms with Crippen LogP contribution in [0.5, 0.6) is 0 Å². The molecule has 3 nitrogen and oxygen atoms in total. The second kappa shape index (κ2) is 5.00. The Morgan fingerprint density at radius 1 is 1.29 bits per heavy atom. The van der Waals surface area contributed by atoms with Crippen LogP contribution in [0.3, 0.4) is 0 Å². The summed E-state index contributed by atoms with van der Waals surface area (Å²) in [5.41, 5.74) is 0.815. The van der Waals surface area contributed by atoms with Crippen LogP contribution >= 0.6 is 27.3 Å². The lowest BCUT2D eigenvalue weighted by molar-refractivity contribution is 0.0692. The number of hydrogen-bond acceptors (Lipinski definition) is 3. The average Bonchev–Trinajstić information content (AvgIpc) is 2.77. The quantitative estimate of drug-likeness (QED) is 0.914. The first-order chi connectivity index (χ1) is 8.11. The van der Waals surface area contributed by atoms with Gasteiger partial charge in [-0.3, -0.25) is 0 Å². The molecule has 0 saturated heterocycles. The van der Waals surface area contributed by atoms with Gasteiger partial charge in [0.15, 0.2) is 0 Å². The standard InChI is InChI=1S/C12H9BrO3S/c13-9-4-2-1-3-7(9)10(14)11-8(12(15)16)5-6-17-11/h1-6,10,14H,(H,15,16). The third-order valence-corrected chi connectivity index (χ3v) is 4.07. The molecule has 0 aliphatic carbocycles. The summed E-state index contributed by atoms with van der Waals surface area (Å²) in [5.74, 6) is -1.02. The third-order valence-electron chi connectivity index (χ3n) is 2.37. The van der Waals surface area contributed by atoms with E-state index >= 15 is 0 Å². The average molecular weight is 313 g/mol. The van der Waals surface area contributed by atoms with E-state index in [1.54, 1.807) is 17.5 Å². The van der Waals surface area contributed by atoms with Gasteiger partial charge in [0.2, 0.25) is 0 Å². The molecule has 2 rings (SSSR count). The molecule has 2 N–H and O–H groups in total. The number of aliphatic hydroxyl groups is 1. The van der Waals surface area contributed by atoms with Gasteiger partial charge in [-0.05, 0) is 23.1 Å². The topological polar surface area (TPSA) is 57.5 Å². The number of carbonyl (C=O) groups is 1. The number of carboxylic acid groups (broad SMARTS) is 1. The molecule has 88 valence electrons. The number of carboxylic acids is 1. The Kier molecular flexibility index (Phi) is 3.61. The molecular weight excluding hydrogens is 304 g/mol. The highest BCUT2D eigenvalue weighted by Crippen LogP contribution is 2.33. The van der Waals surface area contributed by atoms with Crippen LogP contribution in [0.2, 0.25) is 0 Å². The van der Waals surface area contributed by atoms with Crippen LogP contribution in [0.1, 0.15) is 26.9 Å². The Balaban J connectivity index is 2.44. The largest absolute Gasteiger partial charge is 0.478 e. The maximum atomic E-state index is 11.0. The Morgan fingerprint density at radius 3 is 2.65 bits per heavy atom. The van der Waals surface area contributed by atoms with Gasteiger partial charge in [0, 0.05) is 4.47 Å². The molecule has 0 amide bonds. The van der Waals surface area contributed by atoms with Crippen LogP contribution in [-0.4, -0.2) is 16.2 Å². The summed E-state index contributed by atoms with van der Waals surface area (Å²) in [6, 6.07) is 8.72. The monoisotopic (exact) mass is 312 g/mol. The number of thiophene rings is 1. The maximum absolute atomic E-state index is 11.0. The first kappa shape index (κ1) is 12.3. The van der Waals surface area contributed by atoms with E-state index in [2.05, 4.69) is 15.9 Å². The Bertz CT molecular complexity index is 550. The van der Waals surface area contributed by atoms with Crippen molar-refractivity contribution in [3.8, 4) is 0 Å². The highest BCUT2D eigenvalue weighted by Gasteiger charge is 2.21. The van der Waals surface area contributed by atoms with E-state index in [1.807, 2.05) is 12.1 Å². The van der Waals surface area contributed by atoms with Crippen molar-refractivity contribution in [3.05, 3.63) is 56.2 Å². The number of aromatic carboxylic acids is 1. The van der Waals surface area contributed by atoms with E-state index in [4.69, 9.17) is 5.11 Å². The van der Waals surface area contributed by atoms with Crippen LogP contribution in [0.25, 0.3) is 0 Å². The first-order valence-electron chi connectivity index (χ1n) is 4.84. The lowest BCUT2D eigenvalue weighted by Crippen LogP contribution is -2.05. The smallest absolute Gasteiger partial charge is 0.336 e. The number of aliphatic hydroxyl groups excluding tert-OH is 1. The van der Waals surface area contributed by atoms with Crippen molar-refractivity contribution in [3.63, 3.8) is 0 Å². The van der Waals surface area contributed by atoms with Gasteiger partial charge in [0.05, 0.1) is 10.4 Å². The Labute approximate surface area is 110 Å². The molecule has 17 heavy (non-hydrogen) atoms. The lowest BCUT2D eigenvalue weighted by atomic mass is 10.1. The number of hydrogen-bond donors (Lipinski definition) is 2. The van der Waals surface area contributed by atoms with Crippen molar-refractivity contribution >= 4 is 33.2 Å². The zero-order valence-electron chi connectivity index (χ0n) is 8.63. The highest BCUT2D eigenvalue weighted by molar-refractivity contribution is 9.10. The predicted octanol–water partition coefficient (Wildman–Crippen LogP) is 3.29. The van der Waals surface area contributed by atoms with Gasteiger partial charge in [-0.1, -0.05) is 34.1 Å². The molecule has 0 bridgehead atoms. The summed E-state index contributed by atoms with van der Waals surface area (Å²) in [6.45, 7) is 0. The second-order valence-electron chi connectivity index (χ2n) is 3.43. The fourth-order valence-electron chi connectivity index (χ4n) is 1.55. The zero-order valence-corrected chi connectivity index (χ0v) is 11.0. The van der Waals surface area contributed by atoms with Crippen molar-refractivity contribution in [1.29, 1.82) is 0 Å². The number of halogens is 1. The molecule has 0 fully saturated rings. The van der Waals surface area contributed by atoms with Gasteiger partial charge in [0.1, 0.15) is 6.10 Å². The number of rotatable bonds is 3. The minimum absolute atomic E-state index is 0.151. The van der Waals surface area contributed by atoms with Crippen molar-refractivity contribution in [2.45, 2.75) is 6.10 Å². The summed E-state index contributed by atoms with van der Waals surface area (Å²) >= 11 is 4.58. The molecule has 0 radical (unpaired) electrons. The van der Waals surface area contributed by atoms with Crippen LogP contribution < -0.4 is 0 Å². The summed E-state index contributed by atoms with van der Waals surface area (Å²) in [6.07, 6.45) is -0.920. The fraction of sp³-hybridized carbons (Fsp3) is 0.0833. The van der Waals surface area contributed by atoms with Gasteiger partial charge in [-0.15, -0.1) is 11.3 Å². The van der Waals surface area contributed by atoms with Gasteiger partial charge >= 0.3 is 5.97 Å². The highest BCUT2D eigenvalue weighted by atomic mass is 79.9. The van der Waals surface area contributed by atoms with Crippen LogP contribution in [0, 0.1) is 0 Å². The SMILES string of the molecule is O=C(O)c1ccsc1C(O)c1ccccc1Br. The van der Waals surface area contributed by atoms with Crippen molar-refractivity contribution in [1.82, 2.24) is 0 Å². The lowest BCUT2D eigenvalue weighted by Gasteiger charge is -2.12. The molecule has 5 heteroatoms. The van der Waals surface area contributed by atoms with E-state index in [0.29, 0.717) is 10.4 Å². The molecule has 0 aliphatic rings. The van der Waals surface area contributed by atoms with Crippen LogP contribution in [-0.2, 0) is 0 Å². The van der Waals surface area contributed by atoms with Gasteiger partial charge < -0.3 is 10.2 Å². The van der Waals surface area contributed by atoms with Gasteiger partial charge in [-0.2, -0.15) is 0 Å². The first-order valence-corrected chi connectivity index (χ1v) is 6.51. The molecule has 2 aromatic rings. The summed E-state index contributed by atoms with van der Waals surface area (Å²) in [5, 5.41) is 20.9. The zero-order chi connectivity index (χ0) is 12.4. The Hall–Kier alpha value is -1.17. The summed E-state index contributed by atoms with van der Waals surface area (Å²) in [7, 11) is 0. The van der Waals surface area contributed by atoms with Crippen molar-refractivity contribution < 1.29 is 15.0 Å².